The molecule has 5 aromatic rings. The number of aromatic nitrogens is 4. The van der Waals surface area contributed by atoms with E-state index in [4.69, 9.17) is 14.7 Å². The van der Waals surface area contributed by atoms with Crippen LogP contribution in [-0.4, -0.2) is 27.0 Å². The number of rotatable bonds is 4. The lowest BCUT2D eigenvalue weighted by Crippen LogP contribution is -2.24. The lowest BCUT2D eigenvalue weighted by atomic mass is 10.0. The van der Waals surface area contributed by atoms with Crippen molar-refractivity contribution in [2.75, 3.05) is 0 Å². The Bertz CT molecular complexity index is 1440. The Labute approximate surface area is 179 Å². The quantitative estimate of drug-likeness (QED) is 0.428. The summed E-state index contributed by atoms with van der Waals surface area (Å²) in [6.45, 7) is 5.74. The first kappa shape index (κ1) is 19.2. The van der Waals surface area contributed by atoms with Gasteiger partial charge in [0.25, 0.3) is 5.69 Å². The van der Waals surface area contributed by atoms with E-state index in [2.05, 4.69) is 9.97 Å². The molecule has 6 heteroatoms. The Morgan fingerprint density at radius 2 is 1.90 bits per heavy atom. The maximum atomic E-state index is 12.7. The summed E-state index contributed by atoms with van der Waals surface area (Å²) >= 11 is 0. The second kappa shape index (κ2) is 7.47. The third-order valence-electron chi connectivity index (χ3n) is 5.44. The van der Waals surface area contributed by atoms with Gasteiger partial charge in [0, 0.05) is 27.4 Å². The molecule has 0 spiro atoms. The number of ether oxygens (including phenoxy) is 1. The molecule has 2 N–H and O–H groups in total. The average molecular weight is 411 g/mol. The molecule has 0 saturated heterocycles. The minimum absolute atomic E-state index is 0.188. The molecule has 0 saturated carbocycles. The van der Waals surface area contributed by atoms with E-state index in [9.17, 15) is 4.79 Å². The van der Waals surface area contributed by atoms with Crippen LogP contribution in [-0.2, 0) is 11.2 Å². The Balaban J connectivity index is 1.78. The molecule has 0 unspecified atom stereocenters. The number of pyridine rings is 1. The summed E-state index contributed by atoms with van der Waals surface area (Å²) in [5.74, 6) is -0.346. The highest BCUT2D eigenvalue weighted by Gasteiger charge is 2.26. The van der Waals surface area contributed by atoms with Crippen molar-refractivity contribution in [1.29, 1.82) is 0 Å². The van der Waals surface area contributed by atoms with Gasteiger partial charge in [-0.15, -0.1) is 0 Å². The van der Waals surface area contributed by atoms with Crippen LogP contribution in [0.3, 0.4) is 0 Å². The molecule has 31 heavy (non-hydrogen) atoms. The molecule has 0 aliphatic heterocycles. The number of aryl methyl sites for hydroxylation is 1. The van der Waals surface area contributed by atoms with Crippen LogP contribution in [0.4, 0.5) is 0 Å². The topological polar surface area (TPSA) is 82.0 Å². The fourth-order valence-corrected chi connectivity index (χ4v) is 4.12. The molecule has 3 heterocycles. The van der Waals surface area contributed by atoms with Crippen molar-refractivity contribution in [2.45, 2.75) is 33.3 Å². The fourth-order valence-electron chi connectivity index (χ4n) is 4.12. The predicted octanol–water partition coefficient (Wildman–Crippen LogP) is 4.87. The molecule has 3 aromatic heterocycles. The number of hydrogen-bond acceptors (Lipinski definition) is 4. The highest BCUT2D eigenvalue weighted by atomic mass is 16.5. The van der Waals surface area contributed by atoms with Gasteiger partial charge in [-0.3, -0.25) is 4.98 Å². The van der Waals surface area contributed by atoms with E-state index in [0.29, 0.717) is 12.1 Å². The first-order valence-electron chi connectivity index (χ1n) is 10.5. The van der Waals surface area contributed by atoms with Gasteiger partial charge < -0.3 is 9.72 Å². The van der Waals surface area contributed by atoms with Crippen molar-refractivity contribution in [2.24, 2.45) is 0 Å². The number of aromatic amines is 2. The maximum absolute atomic E-state index is 12.7. The summed E-state index contributed by atoms with van der Waals surface area (Å²) in [6, 6.07) is 14.0. The van der Waals surface area contributed by atoms with Crippen molar-refractivity contribution in [1.82, 2.24) is 15.0 Å². The van der Waals surface area contributed by atoms with E-state index < -0.39 is 0 Å². The van der Waals surface area contributed by atoms with Gasteiger partial charge in [-0.1, -0.05) is 37.3 Å². The highest BCUT2D eigenvalue weighted by molar-refractivity contribution is 6.20. The normalized spacial score (nSPS) is 11.6. The average Bonchev–Trinajstić information content (AvgIpc) is 3.17. The van der Waals surface area contributed by atoms with Gasteiger partial charge >= 0.3 is 5.97 Å². The standard InChI is InChI=1S/C25H22N4O2/c1-4-16-21-20(13-26-23(16)25(30)31-14(2)3)28-17-10-11-18-24(22(17)21)27-12-19(29-18)15-8-6-5-7-9-15/h5-14,28H,4H2,1-3H3/p+1. The summed E-state index contributed by atoms with van der Waals surface area (Å²) in [7, 11) is 0. The zero-order valence-corrected chi connectivity index (χ0v) is 17.7. The van der Waals surface area contributed by atoms with Crippen LogP contribution >= 0.6 is 0 Å². The van der Waals surface area contributed by atoms with Gasteiger partial charge in [-0.05, 0) is 32.4 Å². The summed E-state index contributed by atoms with van der Waals surface area (Å²) < 4.78 is 5.46. The largest absolute Gasteiger partial charge is 0.455 e. The molecule has 0 atom stereocenters. The van der Waals surface area contributed by atoms with Gasteiger partial charge in [0.1, 0.15) is 5.52 Å². The Hall–Kier alpha value is -3.80. The van der Waals surface area contributed by atoms with Gasteiger partial charge in [-0.25, -0.2) is 14.8 Å². The third-order valence-corrected chi connectivity index (χ3v) is 5.44. The zero-order chi connectivity index (χ0) is 21.5. The molecule has 0 fully saturated rings. The summed E-state index contributed by atoms with van der Waals surface area (Å²) in [4.78, 5) is 28.9. The van der Waals surface area contributed by atoms with Crippen LogP contribution < -0.4 is 4.98 Å². The van der Waals surface area contributed by atoms with E-state index in [1.54, 1.807) is 0 Å². The predicted molar refractivity (Wildman–Crippen MR) is 121 cm³/mol. The number of fused-ring (bicyclic) bond motifs is 5. The van der Waals surface area contributed by atoms with E-state index in [-0.39, 0.29) is 12.1 Å². The number of benzene rings is 2. The molecular weight excluding hydrogens is 388 g/mol. The van der Waals surface area contributed by atoms with Crippen LogP contribution in [0.15, 0.2) is 54.9 Å². The SMILES string of the molecule is CCc1c(C(=O)OC(C)C)[nH+]cc2[nH]c3ccc4nc(-c5ccccc5)cnc4c3c12. The molecule has 6 nitrogen and oxygen atoms in total. The lowest BCUT2D eigenvalue weighted by Gasteiger charge is -2.08. The minimum atomic E-state index is -0.346. The molecule has 154 valence electrons. The van der Waals surface area contributed by atoms with Crippen LogP contribution in [0, 0.1) is 0 Å². The Kier molecular flexibility index (Phi) is 4.62. The molecule has 0 aliphatic carbocycles. The van der Waals surface area contributed by atoms with Crippen LogP contribution in [0.1, 0.15) is 36.8 Å². The van der Waals surface area contributed by atoms with Crippen molar-refractivity contribution in [3.8, 4) is 11.3 Å². The first-order chi connectivity index (χ1) is 15.1. The number of esters is 1. The highest BCUT2D eigenvalue weighted by Crippen LogP contribution is 2.34. The molecule has 0 bridgehead atoms. The monoisotopic (exact) mass is 411 g/mol. The van der Waals surface area contributed by atoms with Gasteiger partial charge in [-0.2, -0.15) is 0 Å². The molecular formula is C25H23N4O2+. The summed E-state index contributed by atoms with van der Waals surface area (Å²) in [5, 5.41) is 1.96. The van der Waals surface area contributed by atoms with Crippen molar-refractivity contribution in [3.05, 3.63) is 66.1 Å². The molecule has 0 amide bonds. The van der Waals surface area contributed by atoms with Gasteiger partial charge in [0.2, 0.25) is 0 Å². The van der Waals surface area contributed by atoms with Gasteiger partial charge in [0.05, 0.1) is 29.0 Å². The Morgan fingerprint density at radius 3 is 2.65 bits per heavy atom. The van der Waals surface area contributed by atoms with E-state index in [1.807, 2.05) is 75.6 Å². The van der Waals surface area contributed by atoms with Crippen LogP contribution in [0.5, 0.6) is 0 Å². The van der Waals surface area contributed by atoms with Crippen LogP contribution in [0.25, 0.3) is 44.1 Å². The number of nitrogens with zero attached hydrogens (tertiary/aromatic N) is 2. The first-order valence-corrected chi connectivity index (χ1v) is 10.5. The molecule has 0 radical (unpaired) electrons. The van der Waals surface area contributed by atoms with E-state index in [0.717, 1.165) is 49.7 Å². The maximum Gasteiger partial charge on any atom is 0.404 e. The number of H-pyrrole nitrogens is 2. The summed E-state index contributed by atoms with van der Waals surface area (Å²) in [6.07, 6.45) is 4.12. The lowest BCUT2D eigenvalue weighted by molar-refractivity contribution is -0.382. The smallest absolute Gasteiger partial charge is 0.404 e. The molecule has 5 rings (SSSR count). The fraction of sp³-hybridized carbons (Fsp3) is 0.200. The van der Waals surface area contributed by atoms with E-state index >= 15 is 0 Å². The molecule has 2 aromatic carbocycles. The number of carbonyl (C=O) groups is 1. The number of hydrogen-bond donors (Lipinski definition) is 1. The van der Waals surface area contributed by atoms with E-state index in [1.165, 1.54) is 0 Å². The number of nitrogens with one attached hydrogen (secondary N) is 2. The molecule has 0 aliphatic rings. The van der Waals surface area contributed by atoms with Crippen molar-refractivity contribution >= 4 is 38.8 Å². The summed E-state index contributed by atoms with van der Waals surface area (Å²) in [5.41, 5.74) is 6.77. The van der Waals surface area contributed by atoms with Crippen molar-refractivity contribution in [3.63, 3.8) is 0 Å². The second-order valence-electron chi connectivity index (χ2n) is 7.84. The third kappa shape index (κ3) is 3.20. The van der Waals surface area contributed by atoms with Crippen LogP contribution in [0.2, 0.25) is 0 Å². The van der Waals surface area contributed by atoms with Gasteiger partial charge in [0.15, 0.2) is 6.20 Å². The zero-order valence-electron chi connectivity index (χ0n) is 17.7. The second-order valence-corrected chi connectivity index (χ2v) is 7.84. The van der Waals surface area contributed by atoms with Crippen molar-refractivity contribution < 1.29 is 14.5 Å². The minimum Gasteiger partial charge on any atom is -0.455 e. The Morgan fingerprint density at radius 1 is 1.10 bits per heavy atom. The number of carbonyl (C=O) groups excluding carboxylic acids is 1.